The molecule has 0 amide bonds. The van der Waals surface area contributed by atoms with Crippen LogP contribution in [0.1, 0.15) is 0 Å². The largest absolute Gasteiger partial charge is 0.467 e. The lowest BCUT2D eigenvalue weighted by atomic mass is 10.4. The lowest BCUT2D eigenvalue weighted by Crippen LogP contribution is -2.15. The van der Waals surface area contributed by atoms with E-state index in [0.29, 0.717) is 11.5 Å². The van der Waals surface area contributed by atoms with E-state index in [1.807, 2.05) is 14.1 Å². The van der Waals surface area contributed by atoms with Gasteiger partial charge in [0.05, 0.1) is 7.11 Å². The van der Waals surface area contributed by atoms with Crippen LogP contribution in [0.3, 0.4) is 0 Å². The van der Waals surface area contributed by atoms with Crippen LogP contribution in [0, 0.1) is 0 Å². The minimum Gasteiger partial charge on any atom is -0.467 e. The molecule has 0 saturated carbocycles. The summed E-state index contributed by atoms with van der Waals surface area (Å²) < 4.78 is 4.86. The van der Waals surface area contributed by atoms with E-state index < -0.39 is 0 Å². The van der Waals surface area contributed by atoms with Crippen molar-refractivity contribution in [2.24, 2.45) is 0 Å². The van der Waals surface area contributed by atoms with Gasteiger partial charge in [0.1, 0.15) is 5.69 Å². The molecule has 0 unspecified atom stereocenters. The second kappa shape index (κ2) is 3.34. The Bertz CT molecular complexity index is 312. The Kier molecular flexibility index (Phi) is 2.41. The Morgan fingerprint density at radius 2 is 1.85 bits per heavy atom. The number of anilines is 3. The zero-order chi connectivity index (χ0) is 10.0. The third kappa shape index (κ3) is 1.71. The van der Waals surface area contributed by atoms with Gasteiger partial charge in [-0.05, 0) is 0 Å². The van der Waals surface area contributed by atoms with E-state index >= 15 is 0 Å². The monoisotopic (exact) mass is 183 g/mol. The third-order valence-corrected chi connectivity index (χ3v) is 1.54. The highest BCUT2D eigenvalue weighted by Gasteiger charge is 2.10. The van der Waals surface area contributed by atoms with Crippen molar-refractivity contribution in [2.45, 2.75) is 0 Å². The third-order valence-electron chi connectivity index (χ3n) is 1.54. The number of hydrogen-bond donors (Lipinski definition) is 2. The van der Waals surface area contributed by atoms with Crippen molar-refractivity contribution in [1.29, 1.82) is 0 Å². The second-order valence-electron chi connectivity index (χ2n) is 2.73. The molecule has 0 spiro atoms. The maximum Gasteiger partial charge on any atom is 0.320 e. The molecule has 0 bridgehead atoms. The van der Waals surface area contributed by atoms with Crippen LogP contribution in [0.15, 0.2) is 0 Å². The predicted octanol–water partition coefficient (Wildman–Crippen LogP) is -0.284. The molecule has 0 aromatic carbocycles. The van der Waals surface area contributed by atoms with Crippen LogP contribution in [0.25, 0.3) is 0 Å². The minimum atomic E-state index is 0.218. The highest BCUT2D eigenvalue weighted by molar-refractivity contribution is 5.73. The summed E-state index contributed by atoms with van der Waals surface area (Å²) in [5.41, 5.74) is 11.6. The van der Waals surface area contributed by atoms with Crippen molar-refractivity contribution in [2.75, 3.05) is 37.6 Å². The highest BCUT2D eigenvalue weighted by Crippen LogP contribution is 2.25. The number of nitrogens with two attached hydrogens (primary N) is 2. The molecule has 0 saturated heterocycles. The van der Waals surface area contributed by atoms with Crippen LogP contribution in [-0.4, -0.2) is 31.2 Å². The van der Waals surface area contributed by atoms with Gasteiger partial charge in [-0.15, -0.1) is 0 Å². The normalized spacial score (nSPS) is 9.77. The molecular weight excluding hydrogens is 170 g/mol. The minimum absolute atomic E-state index is 0.218. The number of rotatable bonds is 2. The van der Waals surface area contributed by atoms with E-state index in [4.69, 9.17) is 16.2 Å². The first-order valence-electron chi connectivity index (χ1n) is 3.70. The molecule has 0 radical (unpaired) electrons. The Hall–Kier alpha value is -1.72. The molecule has 0 fully saturated rings. The topological polar surface area (TPSA) is 90.3 Å². The van der Waals surface area contributed by atoms with Crippen molar-refractivity contribution in [3.63, 3.8) is 0 Å². The maximum absolute atomic E-state index is 5.66. The fourth-order valence-electron chi connectivity index (χ4n) is 0.886. The van der Waals surface area contributed by atoms with E-state index in [2.05, 4.69) is 9.97 Å². The summed E-state index contributed by atoms with van der Waals surface area (Å²) in [6, 6.07) is 0.218. The summed E-state index contributed by atoms with van der Waals surface area (Å²) in [6.45, 7) is 0. The molecule has 1 aromatic heterocycles. The molecule has 6 heteroatoms. The molecule has 0 atom stereocenters. The number of methoxy groups -OCH3 is 1. The molecule has 1 aromatic rings. The zero-order valence-corrected chi connectivity index (χ0v) is 7.90. The Labute approximate surface area is 76.5 Å². The van der Waals surface area contributed by atoms with Crippen molar-refractivity contribution in [1.82, 2.24) is 9.97 Å². The number of nitrogen functional groups attached to an aromatic ring is 2. The van der Waals surface area contributed by atoms with Crippen molar-refractivity contribution in [3.8, 4) is 6.01 Å². The van der Waals surface area contributed by atoms with Gasteiger partial charge in [-0.1, -0.05) is 0 Å². The van der Waals surface area contributed by atoms with Crippen LogP contribution in [0.5, 0.6) is 6.01 Å². The summed E-state index contributed by atoms with van der Waals surface area (Å²) >= 11 is 0. The number of aromatic nitrogens is 2. The number of ether oxygens (including phenoxy) is 1. The first-order valence-corrected chi connectivity index (χ1v) is 3.70. The van der Waals surface area contributed by atoms with Gasteiger partial charge in [0.2, 0.25) is 0 Å². The van der Waals surface area contributed by atoms with Crippen molar-refractivity contribution in [3.05, 3.63) is 0 Å². The fraction of sp³-hybridized carbons (Fsp3) is 0.429. The van der Waals surface area contributed by atoms with Crippen molar-refractivity contribution >= 4 is 17.3 Å². The maximum atomic E-state index is 5.66. The molecule has 4 N–H and O–H groups in total. The predicted molar refractivity (Wildman–Crippen MR) is 51.7 cm³/mol. The van der Waals surface area contributed by atoms with Crippen LogP contribution >= 0.6 is 0 Å². The van der Waals surface area contributed by atoms with E-state index in [9.17, 15) is 0 Å². The van der Waals surface area contributed by atoms with Crippen LogP contribution in [0.4, 0.5) is 17.3 Å². The smallest absolute Gasteiger partial charge is 0.320 e. The molecule has 1 heterocycles. The Balaban J connectivity index is 3.25. The highest BCUT2D eigenvalue weighted by atomic mass is 16.5. The lowest BCUT2D eigenvalue weighted by molar-refractivity contribution is 0.381. The van der Waals surface area contributed by atoms with Crippen LogP contribution in [-0.2, 0) is 0 Å². The molecule has 72 valence electrons. The van der Waals surface area contributed by atoms with Gasteiger partial charge in [-0.3, -0.25) is 0 Å². The van der Waals surface area contributed by atoms with Crippen molar-refractivity contribution < 1.29 is 4.74 Å². The summed E-state index contributed by atoms with van der Waals surface area (Å²) in [4.78, 5) is 9.61. The Morgan fingerprint density at radius 1 is 1.23 bits per heavy atom. The summed E-state index contributed by atoms with van der Waals surface area (Å²) in [5, 5.41) is 0. The van der Waals surface area contributed by atoms with Crippen LogP contribution < -0.4 is 21.1 Å². The Morgan fingerprint density at radius 3 is 2.31 bits per heavy atom. The molecule has 0 aliphatic carbocycles. The van der Waals surface area contributed by atoms with E-state index in [-0.39, 0.29) is 11.8 Å². The lowest BCUT2D eigenvalue weighted by Gasteiger charge is -2.15. The van der Waals surface area contributed by atoms with E-state index in [0.717, 1.165) is 0 Å². The second-order valence-corrected chi connectivity index (χ2v) is 2.73. The average molecular weight is 183 g/mol. The first kappa shape index (κ1) is 9.37. The molecule has 1 rings (SSSR count). The first-order chi connectivity index (χ1) is 6.06. The van der Waals surface area contributed by atoms with Gasteiger partial charge in [0.25, 0.3) is 0 Å². The van der Waals surface area contributed by atoms with Gasteiger partial charge in [-0.2, -0.15) is 9.97 Å². The van der Waals surface area contributed by atoms with Gasteiger partial charge in [-0.25, -0.2) is 0 Å². The number of hydrogen-bond acceptors (Lipinski definition) is 6. The molecule has 0 aliphatic heterocycles. The standard InChI is InChI=1S/C7H13N5O/c1-12(2)6-4(8)5(9)10-7(11-6)13-3/h8H2,1-3H3,(H2,9,10,11). The zero-order valence-electron chi connectivity index (χ0n) is 7.90. The molecular formula is C7H13N5O. The summed E-state index contributed by atoms with van der Waals surface area (Å²) in [6.07, 6.45) is 0. The molecule has 13 heavy (non-hydrogen) atoms. The fourth-order valence-corrected chi connectivity index (χ4v) is 0.886. The van der Waals surface area contributed by atoms with Gasteiger partial charge >= 0.3 is 6.01 Å². The van der Waals surface area contributed by atoms with E-state index in [1.54, 1.807) is 4.90 Å². The molecule has 6 nitrogen and oxygen atoms in total. The van der Waals surface area contributed by atoms with E-state index in [1.165, 1.54) is 7.11 Å². The summed E-state index contributed by atoms with van der Waals surface area (Å²) in [7, 11) is 5.11. The SMILES string of the molecule is COc1nc(N)c(N)c(N(C)C)n1. The average Bonchev–Trinajstić information content (AvgIpc) is 2.09. The number of nitrogens with zero attached hydrogens (tertiary/aromatic N) is 3. The van der Waals surface area contributed by atoms with Gasteiger partial charge < -0.3 is 21.1 Å². The van der Waals surface area contributed by atoms with Crippen LogP contribution in [0.2, 0.25) is 0 Å². The summed E-state index contributed by atoms with van der Waals surface area (Å²) in [5.74, 6) is 0.792. The van der Waals surface area contributed by atoms with Gasteiger partial charge in [0, 0.05) is 14.1 Å². The molecule has 0 aliphatic rings. The van der Waals surface area contributed by atoms with Gasteiger partial charge in [0.15, 0.2) is 11.6 Å². The quantitative estimate of drug-likeness (QED) is 0.655.